The van der Waals surface area contributed by atoms with Gasteiger partial charge in [0.25, 0.3) is 0 Å². The van der Waals surface area contributed by atoms with Crippen LogP contribution in [0.25, 0.3) is 16.5 Å². The van der Waals surface area contributed by atoms with Gasteiger partial charge in [-0.2, -0.15) is 0 Å². The van der Waals surface area contributed by atoms with Crippen molar-refractivity contribution in [3.05, 3.63) is 46.0 Å². The largest absolute Gasteiger partial charge is 0.512 e. The lowest BCUT2D eigenvalue weighted by Gasteiger charge is -2.10. The Labute approximate surface area is 122 Å². The number of nitrogens with two attached hydrogens (primary N) is 1. The molecular weight excluding hydrogens is 270 g/mol. The lowest BCUT2D eigenvalue weighted by molar-refractivity contribution is 0.191. The van der Waals surface area contributed by atoms with E-state index < -0.39 is 5.63 Å². The maximum Gasteiger partial charge on any atom is 0.346 e. The van der Waals surface area contributed by atoms with Crippen LogP contribution in [-0.2, 0) is 4.74 Å². The van der Waals surface area contributed by atoms with Crippen molar-refractivity contribution in [1.29, 1.82) is 0 Å². The minimum atomic E-state index is -0.540. The van der Waals surface area contributed by atoms with Crippen molar-refractivity contribution in [2.24, 2.45) is 0 Å². The molecule has 1 aromatic heterocycles. The van der Waals surface area contributed by atoms with Gasteiger partial charge in [-0.05, 0) is 25.5 Å². The highest BCUT2D eigenvalue weighted by molar-refractivity contribution is 5.94. The molecular formula is C16H19NO4. The van der Waals surface area contributed by atoms with Crippen LogP contribution in [0.3, 0.4) is 0 Å². The maximum absolute atomic E-state index is 12.1. The number of hydrogen-bond donors (Lipinski definition) is 2. The number of para-hydroxylation sites is 1. The second-order valence-electron chi connectivity index (χ2n) is 4.84. The first kappa shape index (κ1) is 15.1. The van der Waals surface area contributed by atoms with Crippen molar-refractivity contribution < 1.29 is 14.3 Å². The minimum Gasteiger partial charge on any atom is -0.512 e. The molecule has 0 radical (unpaired) electrons. The molecule has 2 aromatic rings. The van der Waals surface area contributed by atoms with Crippen molar-refractivity contribution in [3.8, 4) is 0 Å². The van der Waals surface area contributed by atoms with E-state index in [4.69, 9.17) is 14.9 Å². The summed E-state index contributed by atoms with van der Waals surface area (Å²) in [5, 5.41) is 10.8. The molecule has 0 fully saturated rings. The molecule has 1 heterocycles. The summed E-state index contributed by atoms with van der Waals surface area (Å²) in [6.45, 7) is 2.21. The van der Waals surface area contributed by atoms with Gasteiger partial charge in [-0.25, -0.2) is 4.79 Å². The van der Waals surface area contributed by atoms with Crippen LogP contribution in [0.2, 0.25) is 0 Å². The fourth-order valence-electron chi connectivity index (χ4n) is 2.24. The van der Waals surface area contributed by atoms with Gasteiger partial charge in [0.2, 0.25) is 0 Å². The molecule has 3 N–H and O–H groups in total. The van der Waals surface area contributed by atoms with Crippen LogP contribution in [0.4, 0.5) is 5.69 Å². The molecule has 0 spiro atoms. The first-order valence-electron chi connectivity index (χ1n) is 6.75. The molecule has 0 amide bonds. The summed E-state index contributed by atoms with van der Waals surface area (Å²) >= 11 is 0. The Bertz CT molecular complexity index is 731. The highest BCUT2D eigenvalue weighted by Gasteiger charge is 2.16. The summed E-state index contributed by atoms with van der Waals surface area (Å²) in [5.74, 6) is 0.126. The number of anilines is 1. The van der Waals surface area contributed by atoms with Crippen LogP contribution < -0.4 is 11.4 Å². The average molecular weight is 289 g/mol. The first-order chi connectivity index (χ1) is 10.1. The smallest absolute Gasteiger partial charge is 0.346 e. The molecule has 5 heteroatoms. The van der Waals surface area contributed by atoms with Gasteiger partial charge in [-0.15, -0.1) is 0 Å². The monoisotopic (exact) mass is 289 g/mol. The van der Waals surface area contributed by atoms with E-state index in [-0.39, 0.29) is 11.3 Å². The summed E-state index contributed by atoms with van der Waals surface area (Å²) < 4.78 is 10.2. The number of methoxy groups -OCH3 is 1. The predicted octanol–water partition coefficient (Wildman–Crippen LogP) is 3.09. The number of benzene rings is 1. The first-order valence-corrected chi connectivity index (χ1v) is 6.75. The molecule has 1 aromatic carbocycles. The van der Waals surface area contributed by atoms with Crippen molar-refractivity contribution in [3.63, 3.8) is 0 Å². The number of aliphatic hydroxyl groups is 1. The molecule has 0 saturated heterocycles. The third-order valence-electron chi connectivity index (χ3n) is 3.42. The average Bonchev–Trinajstić information content (AvgIpc) is 2.47. The molecule has 0 aliphatic rings. The molecule has 0 bridgehead atoms. The molecule has 0 aliphatic carbocycles. The van der Waals surface area contributed by atoms with Gasteiger partial charge in [-0.1, -0.05) is 12.1 Å². The molecule has 2 rings (SSSR count). The standard InChI is InChI=1S/C16H19NO4/c1-10(12(18)7-5-9-20-2)14-15(17)11-6-3-4-8-13(11)21-16(14)19/h3-4,6,8,18H,5,7,9,17H2,1-2H3/b12-10-. The normalized spacial score (nSPS) is 12.5. The second kappa shape index (κ2) is 6.45. The zero-order chi connectivity index (χ0) is 15.4. The van der Waals surface area contributed by atoms with Crippen molar-refractivity contribution >= 4 is 22.2 Å². The van der Waals surface area contributed by atoms with Crippen LogP contribution >= 0.6 is 0 Å². The van der Waals surface area contributed by atoms with Crippen LogP contribution in [0, 0.1) is 0 Å². The second-order valence-corrected chi connectivity index (χ2v) is 4.84. The quantitative estimate of drug-likeness (QED) is 0.502. The zero-order valence-electron chi connectivity index (χ0n) is 12.2. The third kappa shape index (κ3) is 3.08. The fourth-order valence-corrected chi connectivity index (χ4v) is 2.24. The number of aliphatic hydroxyl groups excluding tert-OH is 1. The number of ether oxygens (including phenoxy) is 1. The van der Waals surface area contributed by atoms with Crippen LogP contribution in [0.15, 0.2) is 39.2 Å². The van der Waals surface area contributed by atoms with E-state index in [0.717, 1.165) is 0 Å². The lowest BCUT2D eigenvalue weighted by Crippen LogP contribution is -2.11. The Morgan fingerprint density at radius 3 is 2.81 bits per heavy atom. The van der Waals surface area contributed by atoms with Crippen molar-refractivity contribution in [2.45, 2.75) is 19.8 Å². The van der Waals surface area contributed by atoms with E-state index in [1.807, 2.05) is 6.07 Å². The van der Waals surface area contributed by atoms with Crippen LogP contribution in [0.5, 0.6) is 0 Å². The molecule has 0 saturated carbocycles. The summed E-state index contributed by atoms with van der Waals surface area (Å²) in [4.78, 5) is 12.1. The van der Waals surface area contributed by atoms with E-state index in [0.29, 0.717) is 41.7 Å². The highest BCUT2D eigenvalue weighted by Crippen LogP contribution is 2.28. The van der Waals surface area contributed by atoms with Crippen LogP contribution in [-0.4, -0.2) is 18.8 Å². The van der Waals surface area contributed by atoms with E-state index in [2.05, 4.69) is 0 Å². The lowest BCUT2D eigenvalue weighted by atomic mass is 10.0. The molecule has 0 aliphatic heterocycles. The highest BCUT2D eigenvalue weighted by atomic mass is 16.5. The van der Waals surface area contributed by atoms with Gasteiger partial charge in [0.15, 0.2) is 0 Å². The molecule has 0 unspecified atom stereocenters. The molecule has 112 valence electrons. The van der Waals surface area contributed by atoms with Gasteiger partial charge in [0, 0.05) is 31.1 Å². The Morgan fingerprint density at radius 1 is 1.38 bits per heavy atom. The Balaban J connectivity index is 2.50. The Kier molecular flexibility index (Phi) is 4.65. The van der Waals surface area contributed by atoms with E-state index in [1.54, 1.807) is 32.2 Å². The zero-order valence-corrected chi connectivity index (χ0v) is 12.2. The van der Waals surface area contributed by atoms with Gasteiger partial charge >= 0.3 is 5.63 Å². The fraction of sp³-hybridized carbons (Fsp3) is 0.312. The van der Waals surface area contributed by atoms with Crippen molar-refractivity contribution in [2.75, 3.05) is 19.5 Å². The van der Waals surface area contributed by atoms with Gasteiger partial charge in [0.05, 0.1) is 17.0 Å². The summed E-state index contributed by atoms with van der Waals surface area (Å²) in [6, 6.07) is 7.07. The van der Waals surface area contributed by atoms with Gasteiger partial charge in [0.1, 0.15) is 5.58 Å². The topological polar surface area (TPSA) is 85.7 Å². The number of allylic oxidation sites excluding steroid dienone is 2. The SMILES string of the molecule is COCCC/C(O)=C(\C)c1c(N)c2ccccc2oc1=O. The number of hydrogen-bond acceptors (Lipinski definition) is 5. The Morgan fingerprint density at radius 2 is 2.10 bits per heavy atom. The van der Waals surface area contributed by atoms with Gasteiger partial charge in [-0.3, -0.25) is 0 Å². The minimum absolute atomic E-state index is 0.126. The molecule has 21 heavy (non-hydrogen) atoms. The van der Waals surface area contributed by atoms with Crippen molar-refractivity contribution in [1.82, 2.24) is 0 Å². The van der Waals surface area contributed by atoms with E-state index >= 15 is 0 Å². The van der Waals surface area contributed by atoms with Crippen LogP contribution in [0.1, 0.15) is 25.3 Å². The van der Waals surface area contributed by atoms with E-state index in [9.17, 15) is 9.90 Å². The maximum atomic E-state index is 12.1. The predicted molar refractivity (Wildman–Crippen MR) is 83.2 cm³/mol. The summed E-state index contributed by atoms with van der Waals surface area (Å²) in [6.07, 6.45) is 1.09. The number of rotatable bonds is 5. The summed E-state index contributed by atoms with van der Waals surface area (Å²) in [7, 11) is 1.60. The summed E-state index contributed by atoms with van der Waals surface area (Å²) in [5.41, 5.74) is 6.99. The molecule has 0 atom stereocenters. The van der Waals surface area contributed by atoms with Gasteiger partial charge < -0.3 is 20.0 Å². The number of nitrogen functional groups attached to an aromatic ring is 1. The Hall–Kier alpha value is -2.27. The third-order valence-corrected chi connectivity index (χ3v) is 3.42. The van der Waals surface area contributed by atoms with E-state index in [1.165, 1.54) is 0 Å². The molecule has 5 nitrogen and oxygen atoms in total. The number of fused-ring (bicyclic) bond motifs is 1.